The van der Waals surface area contributed by atoms with Crippen LogP contribution in [0.4, 0.5) is 0 Å². The van der Waals surface area contributed by atoms with Crippen molar-refractivity contribution < 1.29 is 4.74 Å². The van der Waals surface area contributed by atoms with Crippen molar-refractivity contribution in [2.24, 2.45) is 11.3 Å². The van der Waals surface area contributed by atoms with E-state index in [0.29, 0.717) is 5.41 Å². The fourth-order valence-corrected chi connectivity index (χ4v) is 3.45. The molecule has 0 radical (unpaired) electrons. The molecule has 20 heavy (non-hydrogen) atoms. The van der Waals surface area contributed by atoms with E-state index in [1.54, 1.807) is 0 Å². The largest absolute Gasteiger partial charge is 0.381 e. The van der Waals surface area contributed by atoms with Gasteiger partial charge in [0.25, 0.3) is 0 Å². The van der Waals surface area contributed by atoms with E-state index in [-0.39, 0.29) is 5.54 Å². The Hall–Kier alpha value is -0.120. The quantitative estimate of drug-likeness (QED) is 0.858. The van der Waals surface area contributed by atoms with Gasteiger partial charge in [-0.05, 0) is 52.9 Å². The lowest BCUT2D eigenvalue weighted by Gasteiger charge is -2.43. The number of hydrogen-bond acceptors (Lipinski definition) is 3. The summed E-state index contributed by atoms with van der Waals surface area (Å²) in [6, 6.07) is 0.735. The summed E-state index contributed by atoms with van der Waals surface area (Å²) in [7, 11) is 0. The van der Waals surface area contributed by atoms with Crippen LogP contribution in [-0.4, -0.2) is 49.3 Å². The van der Waals surface area contributed by atoms with E-state index < -0.39 is 0 Å². The van der Waals surface area contributed by atoms with E-state index in [1.165, 1.54) is 32.4 Å². The first-order valence-corrected chi connectivity index (χ1v) is 8.37. The average Bonchev–Trinajstić information content (AvgIpc) is 2.80. The molecule has 2 saturated heterocycles. The molecule has 2 fully saturated rings. The van der Waals surface area contributed by atoms with Crippen molar-refractivity contribution in [1.29, 1.82) is 0 Å². The lowest BCUT2D eigenvalue weighted by Crippen LogP contribution is -2.52. The third-order valence-corrected chi connectivity index (χ3v) is 4.96. The second kappa shape index (κ2) is 6.33. The van der Waals surface area contributed by atoms with Gasteiger partial charge in [0.1, 0.15) is 0 Å². The van der Waals surface area contributed by atoms with Crippen LogP contribution in [-0.2, 0) is 4.74 Å². The highest BCUT2D eigenvalue weighted by molar-refractivity contribution is 4.92. The molecule has 3 unspecified atom stereocenters. The molecule has 0 bridgehead atoms. The summed E-state index contributed by atoms with van der Waals surface area (Å²) in [5, 5.41) is 3.71. The van der Waals surface area contributed by atoms with Crippen molar-refractivity contribution in [3.8, 4) is 0 Å². The standard InChI is InChI=1S/C17H34N2O/c1-14-6-7-15(2)19(10-14)12-17(8-9-20-13-17)11-18-16(3,4)5/h14-15,18H,6-13H2,1-5H3. The first-order valence-electron chi connectivity index (χ1n) is 8.37. The molecule has 3 atom stereocenters. The fourth-order valence-electron chi connectivity index (χ4n) is 3.45. The minimum absolute atomic E-state index is 0.191. The molecular weight excluding hydrogens is 248 g/mol. The summed E-state index contributed by atoms with van der Waals surface area (Å²) in [4.78, 5) is 2.72. The average molecular weight is 282 g/mol. The van der Waals surface area contributed by atoms with Crippen molar-refractivity contribution in [2.45, 2.75) is 65.5 Å². The monoisotopic (exact) mass is 282 g/mol. The van der Waals surface area contributed by atoms with Gasteiger partial charge < -0.3 is 10.1 Å². The summed E-state index contributed by atoms with van der Waals surface area (Å²) < 4.78 is 5.76. The molecule has 2 heterocycles. The SMILES string of the molecule is CC1CCC(C)N(CC2(CNC(C)(C)C)CCOC2)C1. The molecule has 2 aliphatic heterocycles. The second-order valence-corrected chi connectivity index (χ2v) is 8.37. The lowest BCUT2D eigenvalue weighted by molar-refractivity contribution is 0.0524. The molecule has 0 amide bonds. The van der Waals surface area contributed by atoms with E-state index in [1.807, 2.05) is 0 Å². The molecule has 0 aromatic heterocycles. The van der Waals surface area contributed by atoms with Gasteiger partial charge in [-0.1, -0.05) is 6.92 Å². The summed E-state index contributed by atoms with van der Waals surface area (Å²) >= 11 is 0. The van der Waals surface area contributed by atoms with Crippen LogP contribution >= 0.6 is 0 Å². The van der Waals surface area contributed by atoms with Gasteiger partial charge in [0.2, 0.25) is 0 Å². The predicted molar refractivity (Wildman–Crippen MR) is 85.1 cm³/mol. The normalized spacial score (nSPS) is 36.5. The minimum Gasteiger partial charge on any atom is -0.381 e. The van der Waals surface area contributed by atoms with Crippen LogP contribution < -0.4 is 5.32 Å². The van der Waals surface area contributed by atoms with Crippen molar-refractivity contribution >= 4 is 0 Å². The number of hydrogen-bond donors (Lipinski definition) is 1. The molecule has 3 nitrogen and oxygen atoms in total. The molecular formula is C17H34N2O. The van der Waals surface area contributed by atoms with Crippen LogP contribution in [0.2, 0.25) is 0 Å². The Bertz CT molecular complexity index is 305. The molecule has 0 spiro atoms. The molecule has 0 aromatic carbocycles. The van der Waals surface area contributed by atoms with Crippen LogP contribution in [0, 0.1) is 11.3 Å². The second-order valence-electron chi connectivity index (χ2n) is 8.37. The number of piperidine rings is 1. The Morgan fingerprint density at radius 3 is 2.60 bits per heavy atom. The zero-order valence-electron chi connectivity index (χ0n) is 14.2. The fraction of sp³-hybridized carbons (Fsp3) is 1.00. The van der Waals surface area contributed by atoms with Gasteiger partial charge in [-0.3, -0.25) is 4.90 Å². The summed E-state index contributed by atoms with van der Waals surface area (Å²) in [5.74, 6) is 0.848. The Morgan fingerprint density at radius 2 is 2.00 bits per heavy atom. The topological polar surface area (TPSA) is 24.5 Å². The number of ether oxygens (including phenoxy) is 1. The Kier molecular flexibility index (Phi) is 5.14. The van der Waals surface area contributed by atoms with Crippen molar-refractivity contribution in [3.63, 3.8) is 0 Å². The molecule has 1 N–H and O–H groups in total. The van der Waals surface area contributed by atoms with E-state index in [4.69, 9.17) is 4.74 Å². The molecule has 118 valence electrons. The number of likely N-dealkylation sites (tertiary alicyclic amines) is 1. The summed E-state index contributed by atoms with van der Waals surface area (Å²) in [6.07, 6.45) is 3.94. The van der Waals surface area contributed by atoms with Crippen LogP contribution in [0.3, 0.4) is 0 Å². The van der Waals surface area contributed by atoms with E-state index in [0.717, 1.165) is 31.7 Å². The highest BCUT2D eigenvalue weighted by Crippen LogP contribution is 2.33. The highest BCUT2D eigenvalue weighted by Gasteiger charge is 2.39. The van der Waals surface area contributed by atoms with Gasteiger partial charge in [-0.25, -0.2) is 0 Å². The molecule has 3 heteroatoms. The van der Waals surface area contributed by atoms with Crippen LogP contribution in [0.1, 0.15) is 53.9 Å². The number of nitrogens with one attached hydrogen (secondary N) is 1. The molecule has 0 aromatic rings. The zero-order valence-corrected chi connectivity index (χ0v) is 14.2. The number of nitrogens with zero attached hydrogens (tertiary/aromatic N) is 1. The van der Waals surface area contributed by atoms with Gasteiger partial charge in [-0.2, -0.15) is 0 Å². The van der Waals surface area contributed by atoms with E-state index in [9.17, 15) is 0 Å². The van der Waals surface area contributed by atoms with E-state index in [2.05, 4.69) is 44.8 Å². The predicted octanol–water partition coefficient (Wildman–Crippen LogP) is 2.90. The molecule has 0 aliphatic carbocycles. The van der Waals surface area contributed by atoms with Gasteiger partial charge in [0, 0.05) is 43.2 Å². The zero-order chi connectivity index (χ0) is 14.8. The van der Waals surface area contributed by atoms with Crippen molar-refractivity contribution in [2.75, 3.05) is 32.8 Å². The van der Waals surface area contributed by atoms with Gasteiger partial charge in [0.15, 0.2) is 0 Å². The van der Waals surface area contributed by atoms with Gasteiger partial charge in [-0.15, -0.1) is 0 Å². The summed E-state index contributed by atoms with van der Waals surface area (Å²) in [5.41, 5.74) is 0.509. The Morgan fingerprint density at radius 1 is 1.25 bits per heavy atom. The molecule has 2 aliphatic rings. The molecule has 0 saturated carbocycles. The van der Waals surface area contributed by atoms with Gasteiger partial charge >= 0.3 is 0 Å². The van der Waals surface area contributed by atoms with Gasteiger partial charge in [0.05, 0.1) is 6.61 Å². The first-order chi connectivity index (χ1) is 9.30. The molecule has 2 rings (SSSR count). The van der Waals surface area contributed by atoms with E-state index >= 15 is 0 Å². The van der Waals surface area contributed by atoms with Crippen molar-refractivity contribution in [3.05, 3.63) is 0 Å². The highest BCUT2D eigenvalue weighted by atomic mass is 16.5. The van der Waals surface area contributed by atoms with Crippen molar-refractivity contribution in [1.82, 2.24) is 10.2 Å². The van der Waals surface area contributed by atoms with Crippen LogP contribution in [0.25, 0.3) is 0 Å². The van der Waals surface area contributed by atoms with Crippen LogP contribution in [0.15, 0.2) is 0 Å². The maximum absolute atomic E-state index is 5.76. The third kappa shape index (κ3) is 4.44. The Labute approximate surface area is 125 Å². The number of rotatable bonds is 4. The summed E-state index contributed by atoms with van der Waals surface area (Å²) in [6.45, 7) is 16.9. The third-order valence-electron chi connectivity index (χ3n) is 4.96. The smallest absolute Gasteiger partial charge is 0.0547 e. The first kappa shape index (κ1) is 16.3. The maximum Gasteiger partial charge on any atom is 0.0547 e. The van der Waals surface area contributed by atoms with Crippen LogP contribution in [0.5, 0.6) is 0 Å². The maximum atomic E-state index is 5.76. The lowest BCUT2D eigenvalue weighted by atomic mass is 9.83. The minimum atomic E-state index is 0.191. The Balaban J connectivity index is 1.97.